The Morgan fingerprint density at radius 2 is 1.76 bits per heavy atom. The Balaban J connectivity index is 3.12. The van der Waals surface area contributed by atoms with Crippen LogP contribution in [0.4, 0.5) is 0 Å². The van der Waals surface area contributed by atoms with Crippen molar-refractivity contribution in [3.8, 4) is 0 Å². The Hall–Kier alpha value is -0.910. The average Bonchev–Trinajstić information content (AvgIpc) is 2.25. The molecule has 17 heavy (non-hydrogen) atoms. The van der Waals surface area contributed by atoms with Gasteiger partial charge in [0.2, 0.25) is 10.0 Å². The van der Waals surface area contributed by atoms with Crippen molar-refractivity contribution in [3.63, 3.8) is 0 Å². The molecule has 2 N–H and O–H groups in total. The molecular weight excluding hydrogens is 236 g/mol. The van der Waals surface area contributed by atoms with Gasteiger partial charge in [-0.3, -0.25) is 0 Å². The van der Waals surface area contributed by atoms with E-state index in [1.54, 1.807) is 24.3 Å². The van der Waals surface area contributed by atoms with E-state index in [9.17, 15) is 8.42 Å². The Morgan fingerprint density at radius 1 is 1.24 bits per heavy atom. The highest BCUT2D eigenvalue weighted by Crippen LogP contribution is 2.18. The van der Waals surface area contributed by atoms with Gasteiger partial charge >= 0.3 is 0 Å². The monoisotopic (exact) mass is 256 g/mol. The second-order valence-corrected chi connectivity index (χ2v) is 6.20. The third-order valence-electron chi connectivity index (χ3n) is 2.55. The normalized spacial score (nSPS) is 12.4. The molecule has 0 radical (unpaired) electrons. The van der Waals surface area contributed by atoms with Crippen LogP contribution in [-0.4, -0.2) is 31.9 Å². The van der Waals surface area contributed by atoms with Crippen LogP contribution in [0.3, 0.4) is 0 Å². The molecule has 0 aliphatic carbocycles. The zero-order chi connectivity index (χ0) is 13.1. The number of aryl methyl sites for hydroxylation is 1. The minimum Gasteiger partial charge on any atom is -0.329 e. The van der Waals surface area contributed by atoms with E-state index in [0.29, 0.717) is 18.0 Å². The smallest absolute Gasteiger partial charge is 0.243 e. The summed E-state index contributed by atoms with van der Waals surface area (Å²) in [5, 5.41) is 0. The molecule has 0 fully saturated rings. The van der Waals surface area contributed by atoms with Crippen LogP contribution in [0.1, 0.15) is 19.4 Å². The van der Waals surface area contributed by atoms with Gasteiger partial charge in [0.15, 0.2) is 0 Å². The Labute approximate surface area is 103 Å². The molecule has 0 atom stereocenters. The van der Waals surface area contributed by atoms with Gasteiger partial charge < -0.3 is 5.73 Å². The fourth-order valence-corrected chi connectivity index (χ4v) is 3.28. The van der Waals surface area contributed by atoms with E-state index in [4.69, 9.17) is 5.73 Å². The Morgan fingerprint density at radius 3 is 2.18 bits per heavy atom. The molecule has 1 rings (SSSR count). The lowest BCUT2D eigenvalue weighted by Crippen LogP contribution is -2.40. The summed E-state index contributed by atoms with van der Waals surface area (Å²) in [5.74, 6) is 0. The molecule has 1 aromatic carbocycles. The lowest BCUT2D eigenvalue weighted by molar-refractivity contribution is 0.361. The van der Waals surface area contributed by atoms with E-state index in [1.165, 1.54) is 4.31 Å². The standard InChI is InChI=1S/C12H20N2O2S/c1-10(2)14(9-8-13)17(15,16)12-6-4-11(3)5-7-12/h4-7,10H,8-9,13H2,1-3H3. The number of hydrogen-bond acceptors (Lipinski definition) is 3. The van der Waals surface area contributed by atoms with E-state index < -0.39 is 10.0 Å². The molecule has 0 spiro atoms. The zero-order valence-corrected chi connectivity index (χ0v) is 11.4. The molecule has 4 nitrogen and oxygen atoms in total. The highest BCUT2D eigenvalue weighted by atomic mass is 32.2. The van der Waals surface area contributed by atoms with Crippen LogP contribution in [0.2, 0.25) is 0 Å². The topological polar surface area (TPSA) is 63.4 Å². The lowest BCUT2D eigenvalue weighted by Gasteiger charge is -2.25. The fraction of sp³-hybridized carbons (Fsp3) is 0.500. The van der Waals surface area contributed by atoms with Crippen molar-refractivity contribution in [2.24, 2.45) is 5.73 Å². The molecule has 0 aromatic heterocycles. The van der Waals surface area contributed by atoms with E-state index in [1.807, 2.05) is 20.8 Å². The van der Waals surface area contributed by atoms with Crippen LogP contribution < -0.4 is 5.73 Å². The molecule has 96 valence electrons. The molecule has 0 aliphatic heterocycles. The maximum atomic E-state index is 12.3. The van der Waals surface area contributed by atoms with Crippen LogP contribution in [0.15, 0.2) is 29.2 Å². The first-order valence-electron chi connectivity index (χ1n) is 5.68. The quantitative estimate of drug-likeness (QED) is 0.865. The summed E-state index contributed by atoms with van der Waals surface area (Å²) >= 11 is 0. The van der Waals surface area contributed by atoms with Crippen molar-refractivity contribution in [3.05, 3.63) is 29.8 Å². The van der Waals surface area contributed by atoms with Crippen molar-refractivity contribution in [2.45, 2.75) is 31.7 Å². The predicted molar refractivity (Wildman–Crippen MR) is 69.3 cm³/mol. The second kappa shape index (κ2) is 5.62. The molecular formula is C12H20N2O2S. The Kier molecular flexibility index (Phi) is 4.68. The molecule has 0 heterocycles. The number of hydrogen-bond donors (Lipinski definition) is 1. The molecule has 0 aliphatic rings. The number of rotatable bonds is 5. The van der Waals surface area contributed by atoms with Crippen molar-refractivity contribution in [2.75, 3.05) is 13.1 Å². The number of sulfonamides is 1. The van der Waals surface area contributed by atoms with Gasteiger partial charge in [0, 0.05) is 19.1 Å². The Bertz CT molecular complexity index is 452. The summed E-state index contributed by atoms with van der Waals surface area (Å²) in [6, 6.07) is 6.78. The first-order valence-corrected chi connectivity index (χ1v) is 7.12. The SMILES string of the molecule is Cc1ccc(S(=O)(=O)N(CCN)C(C)C)cc1. The van der Waals surface area contributed by atoms with Gasteiger partial charge in [0.1, 0.15) is 0 Å². The highest BCUT2D eigenvalue weighted by Gasteiger charge is 2.25. The summed E-state index contributed by atoms with van der Waals surface area (Å²) in [5.41, 5.74) is 6.50. The lowest BCUT2D eigenvalue weighted by atomic mass is 10.2. The molecule has 0 amide bonds. The minimum absolute atomic E-state index is 0.0927. The van der Waals surface area contributed by atoms with Gasteiger partial charge in [-0.2, -0.15) is 4.31 Å². The molecule has 5 heteroatoms. The predicted octanol–water partition coefficient (Wildman–Crippen LogP) is 1.35. The summed E-state index contributed by atoms with van der Waals surface area (Å²) in [6.45, 7) is 6.29. The van der Waals surface area contributed by atoms with Crippen molar-refractivity contribution >= 4 is 10.0 Å². The minimum atomic E-state index is -3.43. The van der Waals surface area contributed by atoms with Crippen LogP contribution in [0.5, 0.6) is 0 Å². The summed E-state index contributed by atoms with van der Waals surface area (Å²) in [7, 11) is -3.43. The zero-order valence-electron chi connectivity index (χ0n) is 10.6. The van der Waals surface area contributed by atoms with E-state index in [2.05, 4.69) is 0 Å². The van der Waals surface area contributed by atoms with Gasteiger partial charge in [-0.15, -0.1) is 0 Å². The summed E-state index contributed by atoms with van der Waals surface area (Å²) in [4.78, 5) is 0.324. The van der Waals surface area contributed by atoms with Gasteiger partial charge in [0.25, 0.3) is 0 Å². The largest absolute Gasteiger partial charge is 0.329 e. The van der Waals surface area contributed by atoms with Gasteiger partial charge in [-0.1, -0.05) is 17.7 Å². The van der Waals surface area contributed by atoms with Crippen LogP contribution >= 0.6 is 0 Å². The molecule has 0 saturated carbocycles. The third-order valence-corrected chi connectivity index (χ3v) is 4.64. The second-order valence-electron chi connectivity index (χ2n) is 4.31. The number of nitrogens with zero attached hydrogens (tertiary/aromatic N) is 1. The van der Waals surface area contributed by atoms with Crippen molar-refractivity contribution < 1.29 is 8.42 Å². The maximum Gasteiger partial charge on any atom is 0.243 e. The third kappa shape index (κ3) is 3.28. The average molecular weight is 256 g/mol. The maximum absolute atomic E-state index is 12.3. The number of nitrogens with two attached hydrogens (primary N) is 1. The van der Waals surface area contributed by atoms with Crippen molar-refractivity contribution in [1.29, 1.82) is 0 Å². The van der Waals surface area contributed by atoms with Crippen LogP contribution in [0, 0.1) is 6.92 Å². The van der Waals surface area contributed by atoms with Gasteiger partial charge in [-0.05, 0) is 32.9 Å². The van der Waals surface area contributed by atoms with E-state index in [-0.39, 0.29) is 6.04 Å². The van der Waals surface area contributed by atoms with E-state index in [0.717, 1.165) is 5.56 Å². The van der Waals surface area contributed by atoms with Crippen molar-refractivity contribution in [1.82, 2.24) is 4.31 Å². The molecule has 0 saturated heterocycles. The first kappa shape index (κ1) is 14.2. The number of benzene rings is 1. The van der Waals surface area contributed by atoms with Crippen LogP contribution in [-0.2, 0) is 10.0 Å². The summed E-state index contributed by atoms with van der Waals surface area (Å²) < 4.78 is 26.1. The molecule has 0 bridgehead atoms. The fourth-order valence-electron chi connectivity index (χ4n) is 1.63. The first-order chi connectivity index (χ1) is 7.89. The highest BCUT2D eigenvalue weighted by molar-refractivity contribution is 7.89. The summed E-state index contributed by atoms with van der Waals surface area (Å²) in [6.07, 6.45) is 0. The van der Waals surface area contributed by atoms with Gasteiger partial charge in [0.05, 0.1) is 4.90 Å². The van der Waals surface area contributed by atoms with Gasteiger partial charge in [-0.25, -0.2) is 8.42 Å². The molecule has 1 aromatic rings. The van der Waals surface area contributed by atoms with E-state index >= 15 is 0 Å². The molecule has 0 unspecified atom stereocenters. The van der Waals surface area contributed by atoms with Crippen LogP contribution in [0.25, 0.3) is 0 Å².